The second-order valence-electron chi connectivity index (χ2n) is 5.99. The molecule has 0 aliphatic carbocycles. The highest BCUT2D eigenvalue weighted by atomic mass is 19.2. The van der Waals surface area contributed by atoms with Gasteiger partial charge in [-0.05, 0) is 43.8 Å². The van der Waals surface area contributed by atoms with Crippen LogP contribution in [0.1, 0.15) is 12.5 Å². The number of carbonyl (C=O) groups is 1. The molecule has 0 fully saturated rings. The second kappa shape index (κ2) is 8.77. The predicted molar refractivity (Wildman–Crippen MR) is 95.4 cm³/mol. The van der Waals surface area contributed by atoms with Gasteiger partial charge in [0.05, 0.1) is 25.9 Å². The van der Waals surface area contributed by atoms with Crippen molar-refractivity contribution in [3.05, 3.63) is 53.3 Å². The lowest BCUT2D eigenvalue weighted by atomic mass is 10.1. The van der Waals surface area contributed by atoms with Crippen molar-refractivity contribution in [1.29, 1.82) is 0 Å². The highest BCUT2D eigenvalue weighted by Crippen LogP contribution is 2.28. The van der Waals surface area contributed by atoms with E-state index in [2.05, 4.69) is 5.32 Å². The van der Waals surface area contributed by atoms with Gasteiger partial charge in [0.25, 0.3) is 0 Å². The molecule has 0 saturated heterocycles. The molecule has 8 heteroatoms. The summed E-state index contributed by atoms with van der Waals surface area (Å²) in [6, 6.07) is 6.44. The molecule has 146 valence electrons. The van der Waals surface area contributed by atoms with Gasteiger partial charge in [0, 0.05) is 6.54 Å². The predicted octanol–water partition coefficient (Wildman–Crippen LogP) is 3.58. The van der Waals surface area contributed by atoms with Crippen LogP contribution in [-0.4, -0.2) is 38.1 Å². The van der Waals surface area contributed by atoms with Crippen LogP contribution in [0.3, 0.4) is 0 Å². The first kappa shape index (κ1) is 20.6. The van der Waals surface area contributed by atoms with Crippen molar-refractivity contribution in [2.45, 2.75) is 19.5 Å². The summed E-state index contributed by atoms with van der Waals surface area (Å²) in [5.74, 6) is -3.78. The number of nitrogens with one attached hydrogen (secondary N) is 1. The minimum atomic E-state index is -1.63. The van der Waals surface area contributed by atoms with Crippen LogP contribution in [0.2, 0.25) is 0 Å². The number of methoxy groups -OCH3 is 2. The number of amides is 1. The number of rotatable bonds is 7. The molecule has 0 spiro atoms. The van der Waals surface area contributed by atoms with Gasteiger partial charge in [-0.15, -0.1) is 0 Å². The Morgan fingerprint density at radius 2 is 1.74 bits per heavy atom. The molecule has 1 N–H and O–H groups in total. The van der Waals surface area contributed by atoms with E-state index in [4.69, 9.17) is 9.47 Å². The van der Waals surface area contributed by atoms with E-state index < -0.39 is 35.1 Å². The van der Waals surface area contributed by atoms with Gasteiger partial charge in [0.1, 0.15) is 0 Å². The van der Waals surface area contributed by atoms with Gasteiger partial charge < -0.3 is 14.8 Å². The number of hydrogen-bond donors (Lipinski definition) is 1. The summed E-state index contributed by atoms with van der Waals surface area (Å²) < 4.78 is 50.4. The number of anilines is 1. The Kier molecular flexibility index (Phi) is 6.68. The number of ether oxygens (including phenoxy) is 2. The molecule has 0 heterocycles. The maximum Gasteiger partial charge on any atom is 0.241 e. The molecule has 27 heavy (non-hydrogen) atoms. The van der Waals surface area contributed by atoms with Crippen LogP contribution in [0, 0.1) is 17.5 Å². The van der Waals surface area contributed by atoms with Crippen LogP contribution < -0.4 is 14.8 Å². The highest BCUT2D eigenvalue weighted by Gasteiger charge is 2.21. The summed E-state index contributed by atoms with van der Waals surface area (Å²) in [5, 5.41) is 2.28. The van der Waals surface area contributed by atoms with E-state index >= 15 is 0 Å². The van der Waals surface area contributed by atoms with Gasteiger partial charge in [-0.25, -0.2) is 13.2 Å². The molecule has 2 rings (SSSR count). The topological polar surface area (TPSA) is 50.8 Å². The van der Waals surface area contributed by atoms with E-state index in [9.17, 15) is 18.0 Å². The number of likely N-dealkylation sites (N-methyl/N-ethyl adjacent to an activating group) is 1. The van der Waals surface area contributed by atoms with Gasteiger partial charge in [0.2, 0.25) is 5.91 Å². The average Bonchev–Trinajstić information content (AvgIpc) is 2.67. The van der Waals surface area contributed by atoms with E-state index in [0.717, 1.165) is 17.7 Å². The number of benzene rings is 2. The lowest BCUT2D eigenvalue weighted by molar-refractivity contribution is -0.120. The quantitative estimate of drug-likeness (QED) is 0.744. The molecule has 1 atom stereocenters. The molecule has 2 aromatic rings. The molecule has 2 aromatic carbocycles. The summed E-state index contributed by atoms with van der Waals surface area (Å²) in [6.45, 7) is 2.02. The minimum absolute atomic E-state index is 0.398. The van der Waals surface area contributed by atoms with Gasteiger partial charge in [-0.3, -0.25) is 9.69 Å². The van der Waals surface area contributed by atoms with Crippen molar-refractivity contribution < 1.29 is 27.4 Å². The summed E-state index contributed by atoms with van der Waals surface area (Å²) in [6.07, 6.45) is 0. The van der Waals surface area contributed by atoms with Crippen molar-refractivity contribution in [3.63, 3.8) is 0 Å². The summed E-state index contributed by atoms with van der Waals surface area (Å²) in [7, 11) is 4.77. The molecule has 0 aromatic heterocycles. The third-order valence-electron chi connectivity index (χ3n) is 4.21. The molecule has 1 amide bonds. The largest absolute Gasteiger partial charge is 0.493 e. The van der Waals surface area contributed by atoms with Crippen LogP contribution in [-0.2, 0) is 11.3 Å². The lowest BCUT2D eigenvalue weighted by Gasteiger charge is -2.24. The number of carbonyl (C=O) groups excluding carboxylic acids is 1. The summed E-state index contributed by atoms with van der Waals surface area (Å²) in [5.41, 5.74) is 0.457. The molecule has 5 nitrogen and oxygen atoms in total. The Bertz CT molecular complexity index is 830. The average molecular weight is 382 g/mol. The van der Waals surface area contributed by atoms with Crippen LogP contribution >= 0.6 is 0 Å². The fourth-order valence-electron chi connectivity index (χ4n) is 2.46. The number of nitrogens with zero attached hydrogens (tertiary/aromatic N) is 1. The Hall–Kier alpha value is -2.74. The van der Waals surface area contributed by atoms with Crippen molar-refractivity contribution >= 4 is 11.6 Å². The maximum absolute atomic E-state index is 13.7. The molecular weight excluding hydrogens is 361 g/mol. The van der Waals surface area contributed by atoms with E-state index in [-0.39, 0.29) is 0 Å². The Morgan fingerprint density at radius 3 is 2.37 bits per heavy atom. The monoisotopic (exact) mass is 382 g/mol. The molecule has 0 saturated carbocycles. The Morgan fingerprint density at radius 1 is 1.07 bits per heavy atom. The van der Waals surface area contributed by atoms with E-state index in [1.54, 1.807) is 31.0 Å². The van der Waals surface area contributed by atoms with E-state index in [1.165, 1.54) is 14.2 Å². The van der Waals surface area contributed by atoms with Crippen LogP contribution in [0.5, 0.6) is 11.5 Å². The zero-order valence-electron chi connectivity index (χ0n) is 15.5. The first-order valence-corrected chi connectivity index (χ1v) is 8.14. The normalized spacial score (nSPS) is 12.0. The SMILES string of the molecule is COc1ccc(CN(C)C(C)C(=O)Nc2ccc(F)c(F)c2F)cc1OC. The summed E-state index contributed by atoms with van der Waals surface area (Å²) in [4.78, 5) is 14.1. The van der Waals surface area contributed by atoms with Gasteiger partial charge in [-0.2, -0.15) is 0 Å². The molecule has 0 aliphatic rings. The lowest BCUT2D eigenvalue weighted by Crippen LogP contribution is -2.39. The molecule has 0 radical (unpaired) electrons. The molecule has 0 bridgehead atoms. The van der Waals surface area contributed by atoms with Crippen LogP contribution in [0.25, 0.3) is 0 Å². The fourth-order valence-corrected chi connectivity index (χ4v) is 2.46. The Labute approximate surface area is 155 Å². The smallest absolute Gasteiger partial charge is 0.241 e. The number of halogens is 3. The van der Waals surface area contributed by atoms with Gasteiger partial charge >= 0.3 is 0 Å². The standard InChI is InChI=1S/C19H21F3N2O3/c1-11(19(25)23-14-7-6-13(20)17(21)18(14)22)24(2)10-12-5-8-15(26-3)16(9-12)27-4/h5-9,11H,10H2,1-4H3,(H,23,25). The fraction of sp³-hybridized carbons (Fsp3) is 0.316. The highest BCUT2D eigenvalue weighted by molar-refractivity contribution is 5.94. The van der Waals surface area contributed by atoms with Gasteiger partial charge in [0.15, 0.2) is 29.0 Å². The van der Waals surface area contributed by atoms with Crippen molar-refractivity contribution in [2.24, 2.45) is 0 Å². The zero-order valence-corrected chi connectivity index (χ0v) is 15.5. The third kappa shape index (κ3) is 4.71. The Balaban J connectivity index is 2.07. The van der Waals surface area contributed by atoms with E-state index in [0.29, 0.717) is 18.0 Å². The second-order valence-corrected chi connectivity index (χ2v) is 5.99. The zero-order chi connectivity index (χ0) is 20.1. The van der Waals surface area contributed by atoms with Crippen molar-refractivity contribution in [2.75, 3.05) is 26.6 Å². The van der Waals surface area contributed by atoms with Crippen molar-refractivity contribution in [1.82, 2.24) is 4.90 Å². The molecule has 0 aliphatic heterocycles. The third-order valence-corrected chi connectivity index (χ3v) is 4.21. The minimum Gasteiger partial charge on any atom is -0.493 e. The molecular formula is C19H21F3N2O3. The van der Waals surface area contributed by atoms with Crippen LogP contribution in [0.15, 0.2) is 30.3 Å². The first-order chi connectivity index (χ1) is 12.8. The van der Waals surface area contributed by atoms with E-state index in [1.807, 2.05) is 6.07 Å². The first-order valence-electron chi connectivity index (χ1n) is 8.14. The maximum atomic E-state index is 13.7. The van der Waals surface area contributed by atoms with Gasteiger partial charge in [-0.1, -0.05) is 6.07 Å². The van der Waals surface area contributed by atoms with Crippen molar-refractivity contribution in [3.8, 4) is 11.5 Å². The summed E-state index contributed by atoms with van der Waals surface area (Å²) >= 11 is 0. The number of hydrogen-bond acceptors (Lipinski definition) is 4. The van der Waals surface area contributed by atoms with Crippen LogP contribution in [0.4, 0.5) is 18.9 Å². The molecule has 1 unspecified atom stereocenters.